The summed E-state index contributed by atoms with van der Waals surface area (Å²) >= 11 is 0. The first-order chi connectivity index (χ1) is 9.73. The SMILES string of the molecule is Cc1cc(-c2nc(CNC(C)(C)C)cc(=O)[nH]2)cc(C)n1. The Morgan fingerprint density at radius 3 is 2.29 bits per heavy atom. The standard InChI is InChI=1S/C16H22N4O/c1-10-6-12(7-11(2)18-10)15-19-13(8-14(21)20-15)9-17-16(3,4)5/h6-8,17H,9H2,1-5H3,(H,19,20,21). The van der Waals surface area contributed by atoms with Crippen molar-refractivity contribution >= 4 is 0 Å². The molecule has 0 saturated carbocycles. The van der Waals surface area contributed by atoms with E-state index in [1.807, 2.05) is 26.0 Å². The van der Waals surface area contributed by atoms with Crippen LogP contribution in [0.15, 0.2) is 23.0 Å². The van der Waals surface area contributed by atoms with Crippen molar-refractivity contribution in [3.05, 3.63) is 45.6 Å². The summed E-state index contributed by atoms with van der Waals surface area (Å²) in [6, 6.07) is 5.38. The lowest BCUT2D eigenvalue weighted by atomic mass is 10.1. The smallest absolute Gasteiger partial charge is 0.251 e. The fourth-order valence-electron chi connectivity index (χ4n) is 2.06. The third-order valence-corrected chi connectivity index (χ3v) is 2.95. The maximum absolute atomic E-state index is 11.8. The van der Waals surface area contributed by atoms with Gasteiger partial charge in [-0.05, 0) is 46.8 Å². The van der Waals surface area contributed by atoms with E-state index in [0.717, 1.165) is 22.6 Å². The molecule has 2 aromatic rings. The predicted octanol–water partition coefficient (Wildman–Crippen LogP) is 2.34. The molecule has 2 rings (SSSR count). The van der Waals surface area contributed by atoms with Crippen LogP contribution in [-0.4, -0.2) is 20.5 Å². The van der Waals surface area contributed by atoms with Crippen molar-refractivity contribution in [1.82, 2.24) is 20.3 Å². The number of aromatic nitrogens is 3. The summed E-state index contributed by atoms with van der Waals surface area (Å²) in [6.07, 6.45) is 0. The molecule has 0 bridgehead atoms. The second kappa shape index (κ2) is 5.77. The molecule has 0 unspecified atom stereocenters. The first-order valence-electron chi connectivity index (χ1n) is 7.04. The molecular weight excluding hydrogens is 264 g/mol. The number of rotatable bonds is 3. The van der Waals surface area contributed by atoms with E-state index >= 15 is 0 Å². The Bertz CT molecular complexity index is 678. The van der Waals surface area contributed by atoms with Crippen molar-refractivity contribution in [1.29, 1.82) is 0 Å². The Morgan fingerprint density at radius 2 is 1.71 bits per heavy atom. The van der Waals surface area contributed by atoms with E-state index in [9.17, 15) is 4.79 Å². The lowest BCUT2D eigenvalue weighted by molar-refractivity contribution is 0.421. The molecule has 5 nitrogen and oxygen atoms in total. The molecule has 0 fully saturated rings. The number of nitrogens with one attached hydrogen (secondary N) is 2. The van der Waals surface area contributed by atoms with E-state index in [2.05, 4.69) is 41.0 Å². The van der Waals surface area contributed by atoms with Gasteiger partial charge in [-0.15, -0.1) is 0 Å². The summed E-state index contributed by atoms with van der Waals surface area (Å²) < 4.78 is 0. The molecule has 0 spiro atoms. The monoisotopic (exact) mass is 286 g/mol. The molecule has 0 aromatic carbocycles. The van der Waals surface area contributed by atoms with E-state index in [1.54, 1.807) is 0 Å². The molecule has 0 aliphatic carbocycles. The van der Waals surface area contributed by atoms with E-state index in [1.165, 1.54) is 6.07 Å². The van der Waals surface area contributed by atoms with Crippen molar-refractivity contribution < 1.29 is 0 Å². The number of aromatic amines is 1. The van der Waals surface area contributed by atoms with Gasteiger partial charge in [-0.3, -0.25) is 9.78 Å². The summed E-state index contributed by atoms with van der Waals surface area (Å²) in [5, 5.41) is 3.34. The highest BCUT2D eigenvalue weighted by molar-refractivity contribution is 5.55. The minimum atomic E-state index is -0.141. The van der Waals surface area contributed by atoms with Gasteiger partial charge in [0.05, 0.1) is 5.69 Å². The van der Waals surface area contributed by atoms with Crippen LogP contribution < -0.4 is 10.9 Å². The molecule has 112 valence electrons. The zero-order chi connectivity index (χ0) is 15.6. The van der Waals surface area contributed by atoms with Crippen molar-refractivity contribution in [2.24, 2.45) is 0 Å². The number of nitrogens with zero attached hydrogens (tertiary/aromatic N) is 2. The number of pyridine rings is 1. The van der Waals surface area contributed by atoms with Crippen LogP contribution in [0.4, 0.5) is 0 Å². The fourth-order valence-corrected chi connectivity index (χ4v) is 2.06. The molecule has 2 aromatic heterocycles. The highest BCUT2D eigenvalue weighted by atomic mass is 16.1. The Kier molecular flexibility index (Phi) is 4.23. The predicted molar refractivity (Wildman–Crippen MR) is 84.2 cm³/mol. The van der Waals surface area contributed by atoms with Crippen LogP contribution in [0.3, 0.4) is 0 Å². The van der Waals surface area contributed by atoms with Crippen LogP contribution in [0.25, 0.3) is 11.4 Å². The molecule has 0 atom stereocenters. The molecule has 2 heterocycles. The van der Waals surface area contributed by atoms with Crippen molar-refractivity contribution in [3.8, 4) is 11.4 Å². The van der Waals surface area contributed by atoms with Crippen LogP contribution in [0, 0.1) is 13.8 Å². The van der Waals surface area contributed by atoms with Gasteiger partial charge in [0, 0.05) is 35.1 Å². The highest BCUT2D eigenvalue weighted by Crippen LogP contribution is 2.16. The Balaban J connectivity index is 2.36. The summed E-state index contributed by atoms with van der Waals surface area (Å²) in [4.78, 5) is 23.5. The zero-order valence-corrected chi connectivity index (χ0v) is 13.2. The third-order valence-electron chi connectivity index (χ3n) is 2.95. The molecule has 0 saturated heterocycles. The minimum Gasteiger partial charge on any atom is -0.307 e. The summed E-state index contributed by atoms with van der Waals surface area (Å²) in [7, 11) is 0. The topological polar surface area (TPSA) is 70.7 Å². The quantitative estimate of drug-likeness (QED) is 0.908. The average molecular weight is 286 g/mol. The second-order valence-electron chi connectivity index (χ2n) is 6.33. The summed E-state index contributed by atoms with van der Waals surface area (Å²) in [5.74, 6) is 0.585. The van der Waals surface area contributed by atoms with Gasteiger partial charge >= 0.3 is 0 Å². The molecule has 5 heteroatoms. The normalized spacial score (nSPS) is 11.7. The van der Waals surface area contributed by atoms with Crippen LogP contribution in [0.2, 0.25) is 0 Å². The number of H-pyrrole nitrogens is 1. The van der Waals surface area contributed by atoms with Crippen LogP contribution in [-0.2, 0) is 6.54 Å². The maximum atomic E-state index is 11.8. The van der Waals surface area contributed by atoms with Crippen molar-refractivity contribution in [2.45, 2.75) is 46.7 Å². The van der Waals surface area contributed by atoms with Gasteiger partial charge in [0.1, 0.15) is 5.82 Å². The van der Waals surface area contributed by atoms with Gasteiger partial charge in [-0.2, -0.15) is 0 Å². The second-order valence-corrected chi connectivity index (χ2v) is 6.33. The minimum absolute atomic E-state index is 0.0196. The first kappa shape index (κ1) is 15.4. The largest absolute Gasteiger partial charge is 0.307 e. The van der Waals surface area contributed by atoms with E-state index in [0.29, 0.717) is 12.4 Å². The van der Waals surface area contributed by atoms with Crippen LogP contribution in [0.1, 0.15) is 37.9 Å². The highest BCUT2D eigenvalue weighted by Gasteiger charge is 2.11. The lowest BCUT2D eigenvalue weighted by Gasteiger charge is -2.20. The summed E-state index contributed by atoms with van der Waals surface area (Å²) in [6.45, 7) is 10.7. The first-order valence-corrected chi connectivity index (χ1v) is 7.04. The van der Waals surface area contributed by atoms with Gasteiger partial charge in [0.2, 0.25) is 0 Å². The van der Waals surface area contributed by atoms with Crippen LogP contribution in [0.5, 0.6) is 0 Å². The molecule has 21 heavy (non-hydrogen) atoms. The van der Waals surface area contributed by atoms with Crippen LogP contribution >= 0.6 is 0 Å². The molecule has 0 radical (unpaired) electrons. The van der Waals surface area contributed by atoms with Crippen molar-refractivity contribution in [2.75, 3.05) is 0 Å². The van der Waals surface area contributed by atoms with Gasteiger partial charge in [0.25, 0.3) is 5.56 Å². The average Bonchev–Trinajstić information content (AvgIpc) is 2.34. The fraction of sp³-hybridized carbons (Fsp3) is 0.438. The van der Waals surface area contributed by atoms with Gasteiger partial charge in [-0.25, -0.2) is 4.98 Å². The third kappa shape index (κ3) is 4.49. The molecule has 0 aliphatic heterocycles. The van der Waals surface area contributed by atoms with E-state index in [-0.39, 0.29) is 11.1 Å². The number of aryl methyl sites for hydroxylation is 2. The lowest BCUT2D eigenvalue weighted by Crippen LogP contribution is -2.35. The maximum Gasteiger partial charge on any atom is 0.251 e. The van der Waals surface area contributed by atoms with Gasteiger partial charge in [0.15, 0.2) is 0 Å². The van der Waals surface area contributed by atoms with E-state index < -0.39 is 0 Å². The summed E-state index contributed by atoms with van der Waals surface area (Å²) in [5.41, 5.74) is 3.27. The Labute approximate surface area is 124 Å². The Hall–Kier alpha value is -2.01. The van der Waals surface area contributed by atoms with Crippen molar-refractivity contribution in [3.63, 3.8) is 0 Å². The number of hydrogen-bond acceptors (Lipinski definition) is 4. The molecule has 0 aliphatic rings. The molecule has 0 amide bonds. The molecule has 2 N–H and O–H groups in total. The zero-order valence-electron chi connectivity index (χ0n) is 13.2. The Morgan fingerprint density at radius 1 is 1.10 bits per heavy atom. The van der Waals surface area contributed by atoms with Gasteiger partial charge in [-0.1, -0.05) is 0 Å². The van der Waals surface area contributed by atoms with Gasteiger partial charge < -0.3 is 10.3 Å². The molecular formula is C16H22N4O. The number of hydrogen-bond donors (Lipinski definition) is 2. The van der Waals surface area contributed by atoms with E-state index in [4.69, 9.17) is 0 Å².